The summed E-state index contributed by atoms with van der Waals surface area (Å²) in [5.41, 5.74) is 3.98. The van der Waals surface area contributed by atoms with Crippen LogP contribution in [0.3, 0.4) is 0 Å². The molecule has 1 aromatic heterocycles. The van der Waals surface area contributed by atoms with Gasteiger partial charge < -0.3 is 5.32 Å². The molecule has 0 saturated heterocycles. The second-order valence-electron chi connectivity index (χ2n) is 5.07. The lowest BCUT2D eigenvalue weighted by molar-refractivity contribution is 0.526. The van der Waals surface area contributed by atoms with Gasteiger partial charge in [-0.25, -0.2) is 0 Å². The van der Waals surface area contributed by atoms with Gasteiger partial charge in [0, 0.05) is 22.0 Å². The number of nitrogens with one attached hydrogen (secondary N) is 1. The molecule has 2 aromatic rings. The van der Waals surface area contributed by atoms with Crippen LogP contribution >= 0.6 is 22.6 Å². The van der Waals surface area contributed by atoms with Gasteiger partial charge in [0.2, 0.25) is 0 Å². The van der Waals surface area contributed by atoms with Crippen molar-refractivity contribution in [2.24, 2.45) is 0 Å². The molecule has 0 saturated carbocycles. The van der Waals surface area contributed by atoms with E-state index in [1.165, 1.54) is 20.3 Å². The summed E-state index contributed by atoms with van der Waals surface area (Å²) in [5, 5.41) is 3.66. The minimum absolute atomic E-state index is 0.359. The van der Waals surface area contributed by atoms with Crippen LogP contribution in [0.2, 0.25) is 0 Å². The van der Waals surface area contributed by atoms with Crippen LogP contribution in [0.25, 0.3) is 0 Å². The van der Waals surface area contributed by atoms with E-state index in [9.17, 15) is 0 Å². The monoisotopic (exact) mass is 380 g/mol. The highest BCUT2D eigenvalue weighted by molar-refractivity contribution is 14.1. The number of rotatable bonds is 6. The molecule has 0 radical (unpaired) electrons. The van der Waals surface area contributed by atoms with E-state index in [4.69, 9.17) is 0 Å². The predicted octanol–water partition coefficient (Wildman–Crippen LogP) is 4.28. The van der Waals surface area contributed by atoms with Crippen molar-refractivity contribution in [1.29, 1.82) is 0 Å². The number of hydrogen-bond acceptors (Lipinski definition) is 2. The van der Waals surface area contributed by atoms with E-state index in [1.807, 2.05) is 12.4 Å². The molecule has 0 amide bonds. The minimum Gasteiger partial charge on any atom is -0.310 e. The highest BCUT2D eigenvalue weighted by atomic mass is 127. The van der Waals surface area contributed by atoms with E-state index in [0.29, 0.717) is 6.04 Å². The maximum atomic E-state index is 4.20. The summed E-state index contributed by atoms with van der Waals surface area (Å²) in [6.07, 6.45) is 6.00. The smallest absolute Gasteiger partial charge is 0.0364 e. The highest BCUT2D eigenvalue weighted by Gasteiger charge is 2.13. The van der Waals surface area contributed by atoms with Gasteiger partial charge in [0.25, 0.3) is 0 Å². The van der Waals surface area contributed by atoms with Crippen LogP contribution in [-0.4, -0.2) is 11.5 Å². The lowest BCUT2D eigenvalue weighted by atomic mass is 9.96. The van der Waals surface area contributed by atoms with Crippen molar-refractivity contribution in [3.63, 3.8) is 0 Å². The summed E-state index contributed by atoms with van der Waals surface area (Å²) in [6.45, 7) is 5.38. The van der Waals surface area contributed by atoms with Gasteiger partial charge in [-0.15, -0.1) is 0 Å². The average Bonchev–Trinajstić information content (AvgIpc) is 2.46. The zero-order valence-corrected chi connectivity index (χ0v) is 14.2. The number of nitrogens with zero attached hydrogens (tertiary/aromatic N) is 1. The normalized spacial score (nSPS) is 12.3. The van der Waals surface area contributed by atoms with E-state index >= 15 is 0 Å². The summed E-state index contributed by atoms with van der Waals surface area (Å²) in [7, 11) is 0. The second kappa shape index (κ2) is 7.74. The largest absolute Gasteiger partial charge is 0.310 e. The number of hydrogen-bond donors (Lipinski definition) is 1. The summed E-state index contributed by atoms with van der Waals surface area (Å²) in [5.74, 6) is 0. The van der Waals surface area contributed by atoms with Gasteiger partial charge in [-0.1, -0.05) is 19.1 Å². The first-order valence-corrected chi connectivity index (χ1v) is 8.17. The molecule has 1 N–H and O–H groups in total. The fourth-order valence-electron chi connectivity index (χ4n) is 2.34. The molecule has 1 unspecified atom stereocenters. The Balaban J connectivity index is 2.19. The Labute approximate surface area is 135 Å². The van der Waals surface area contributed by atoms with Crippen LogP contribution in [0, 0.1) is 10.5 Å². The number of aryl methyl sites for hydroxylation is 1. The van der Waals surface area contributed by atoms with Gasteiger partial charge in [-0.3, -0.25) is 4.98 Å². The molecule has 0 aliphatic carbocycles. The maximum absolute atomic E-state index is 4.20. The van der Waals surface area contributed by atoms with Crippen LogP contribution in [0.5, 0.6) is 0 Å². The first kappa shape index (κ1) is 15.4. The van der Waals surface area contributed by atoms with Crippen molar-refractivity contribution in [2.45, 2.75) is 32.7 Å². The fraction of sp³-hybridized carbons (Fsp3) is 0.353. The molecule has 0 spiro atoms. The number of benzene rings is 1. The molecule has 1 atom stereocenters. The molecular weight excluding hydrogens is 359 g/mol. The summed E-state index contributed by atoms with van der Waals surface area (Å²) >= 11 is 2.35. The van der Waals surface area contributed by atoms with Crippen LogP contribution in [-0.2, 0) is 6.42 Å². The van der Waals surface area contributed by atoms with Crippen LogP contribution in [0.1, 0.15) is 36.1 Å². The summed E-state index contributed by atoms with van der Waals surface area (Å²) < 4.78 is 1.28. The lowest BCUT2D eigenvalue weighted by Gasteiger charge is -2.21. The number of halogens is 1. The fourth-order valence-corrected chi connectivity index (χ4v) is 2.70. The van der Waals surface area contributed by atoms with E-state index in [1.54, 1.807) is 0 Å². The summed E-state index contributed by atoms with van der Waals surface area (Å²) in [4.78, 5) is 4.20. The molecule has 20 heavy (non-hydrogen) atoms. The van der Waals surface area contributed by atoms with E-state index in [0.717, 1.165) is 19.4 Å². The molecule has 3 heteroatoms. The van der Waals surface area contributed by atoms with Gasteiger partial charge in [-0.05, 0) is 83.8 Å². The zero-order valence-electron chi connectivity index (χ0n) is 12.1. The van der Waals surface area contributed by atoms with Crippen LogP contribution in [0.4, 0.5) is 0 Å². The Kier molecular flexibility index (Phi) is 5.98. The van der Waals surface area contributed by atoms with Gasteiger partial charge in [-0.2, -0.15) is 0 Å². The molecule has 0 bridgehead atoms. The SMILES string of the molecule is CCCNC(Cc1ccc(I)cc1)c1ccncc1C. The first-order valence-electron chi connectivity index (χ1n) is 7.09. The maximum Gasteiger partial charge on any atom is 0.0364 e. The van der Waals surface area contributed by atoms with Crippen molar-refractivity contribution < 1.29 is 0 Å². The molecule has 0 aliphatic rings. The number of pyridine rings is 1. The van der Waals surface area contributed by atoms with Crippen molar-refractivity contribution in [3.8, 4) is 0 Å². The van der Waals surface area contributed by atoms with Gasteiger partial charge in [0.15, 0.2) is 0 Å². The van der Waals surface area contributed by atoms with Crippen molar-refractivity contribution in [3.05, 3.63) is 63.0 Å². The molecule has 1 aromatic carbocycles. The Morgan fingerprint density at radius 2 is 1.95 bits per heavy atom. The van der Waals surface area contributed by atoms with Gasteiger partial charge >= 0.3 is 0 Å². The van der Waals surface area contributed by atoms with Crippen LogP contribution < -0.4 is 5.32 Å². The summed E-state index contributed by atoms with van der Waals surface area (Å²) in [6, 6.07) is 11.3. The highest BCUT2D eigenvalue weighted by Crippen LogP contribution is 2.21. The van der Waals surface area contributed by atoms with E-state index < -0.39 is 0 Å². The Bertz CT molecular complexity index is 537. The second-order valence-corrected chi connectivity index (χ2v) is 6.32. The third-order valence-electron chi connectivity index (χ3n) is 3.43. The molecule has 2 nitrogen and oxygen atoms in total. The standard InChI is InChI=1S/C17H21IN2/c1-3-9-20-17(16-8-10-19-12-13(16)2)11-14-4-6-15(18)7-5-14/h4-8,10,12,17,20H,3,9,11H2,1-2H3. The minimum atomic E-state index is 0.359. The quantitative estimate of drug-likeness (QED) is 0.757. The molecule has 0 aliphatic heterocycles. The molecule has 0 fully saturated rings. The zero-order chi connectivity index (χ0) is 14.4. The van der Waals surface area contributed by atoms with Crippen molar-refractivity contribution in [1.82, 2.24) is 10.3 Å². The van der Waals surface area contributed by atoms with Crippen molar-refractivity contribution in [2.75, 3.05) is 6.54 Å². The number of aromatic nitrogens is 1. The third-order valence-corrected chi connectivity index (χ3v) is 4.15. The van der Waals surface area contributed by atoms with Gasteiger partial charge in [0.05, 0.1) is 0 Å². The molecule has 2 rings (SSSR count). The van der Waals surface area contributed by atoms with Crippen LogP contribution in [0.15, 0.2) is 42.7 Å². The lowest BCUT2D eigenvalue weighted by Crippen LogP contribution is -2.24. The third kappa shape index (κ3) is 4.28. The van der Waals surface area contributed by atoms with E-state index in [-0.39, 0.29) is 0 Å². The predicted molar refractivity (Wildman–Crippen MR) is 92.9 cm³/mol. The first-order chi connectivity index (χ1) is 9.70. The molecule has 1 heterocycles. The Hall–Kier alpha value is -0.940. The topological polar surface area (TPSA) is 24.9 Å². The Morgan fingerprint density at radius 1 is 1.20 bits per heavy atom. The Morgan fingerprint density at radius 3 is 2.60 bits per heavy atom. The van der Waals surface area contributed by atoms with Gasteiger partial charge in [0.1, 0.15) is 0 Å². The average molecular weight is 380 g/mol. The molecular formula is C17H21IN2. The van der Waals surface area contributed by atoms with E-state index in [2.05, 4.69) is 77.1 Å². The molecule has 106 valence electrons. The van der Waals surface area contributed by atoms with Crippen molar-refractivity contribution >= 4 is 22.6 Å².